The first-order valence-corrected chi connectivity index (χ1v) is 6.27. The molecule has 1 unspecified atom stereocenters. The van der Waals surface area contributed by atoms with Gasteiger partial charge in [0.2, 0.25) is 0 Å². The molecule has 0 aliphatic carbocycles. The van der Waals surface area contributed by atoms with Gasteiger partial charge in [0, 0.05) is 25.7 Å². The first-order valence-electron chi connectivity index (χ1n) is 5.48. The van der Waals surface area contributed by atoms with Gasteiger partial charge in [-0.1, -0.05) is 0 Å². The quantitative estimate of drug-likeness (QED) is 0.658. The number of halogens is 1. The van der Waals surface area contributed by atoms with Gasteiger partial charge in [0.15, 0.2) is 0 Å². The number of nitro groups is 1. The molecule has 18 heavy (non-hydrogen) atoms. The molecular formula is C10H13BrN4O3. The number of hydrogen-bond donors (Lipinski definition) is 1. The molecule has 0 radical (unpaired) electrons. The lowest BCUT2D eigenvalue weighted by Crippen LogP contribution is -2.46. The summed E-state index contributed by atoms with van der Waals surface area (Å²) in [6.07, 6.45) is 1.23. The summed E-state index contributed by atoms with van der Waals surface area (Å²) >= 11 is 3.31. The van der Waals surface area contributed by atoms with E-state index in [0.29, 0.717) is 36.5 Å². The van der Waals surface area contributed by atoms with Crippen molar-refractivity contribution in [1.29, 1.82) is 0 Å². The molecule has 2 heterocycles. The van der Waals surface area contributed by atoms with Crippen LogP contribution in [0.25, 0.3) is 0 Å². The van der Waals surface area contributed by atoms with Crippen LogP contribution >= 0.6 is 15.9 Å². The van der Waals surface area contributed by atoms with E-state index in [-0.39, 0.29) is 11.8 Å². The van der Waals surface area contributed by atoms with E-state index in [1.807, 2.05) is 4.90 Å². The SMILES string of the molecule is NCC1CN(c2ncc([N+](=O)[O-])cc2Br)CCO1. The van der Waals surface area contributed by atoms with E-state index in [1.54, 1.807) is 0 Å². The molecular weight excluding hydrogens is 304 g/mol. The molecule has 1 atom stereocenters. The third kappa shape index (κ3) is 2.77. The Labute approximate surface area is 112 Å². The summed E-state index contributed by atoms with van der Waals surface area (Å²) in [5, 5.41) is 10.6. The Morgan fingerprint density at radius 2 is 2.50 bits per heavy atom. The maximum absolute atomic E-state index is 10.6. The molecule has 1 aliphatic rings. The number of hydrogen-bond acceptors (Lipinski definition) is 6. The van der Waals surface area contributed by atoms with Gasteiger partial charge >= 0.3 is 0 Å². The summed E-state index contributed by atoms with van der Waals surface area (Å²) in [4.78, 5) is 16.3. The average Bonchev–Trinajstić information content (AvgIpc) is 2.38. The fraction of sp³-hybridized carbons (Fsp3) is 0.500. The van der Waals surface area contributed by atoms with E-state index < -0.39 is 4.92 Å². The standard InChI is InChI=1S/C10H13BrN4O3/c11-9-3-7(15(16)17)5-13-10(9)14-1-2-18-8(4-12)6-14/h3,5,8H,1-2,4,6,12H2. The number of aromatic nitrogens is 1. The lowest BCUT2D eigenvalue weighted by atomic mass is 10.2. The molecule has 1 aliphatic heterocycles. The van der Waals surface area contributed by atoms with E-state index in [0.717, 1.165) is 0 Å². The number of morpholine rings is 1. The highest BCUT2D eigenvalue weighted by Crippen LogP contribution is 2.28. The fourth-order valence-electron chi connectivity index (χ4n) is 1.81. The lowest BCUT2D eigenvalue weighted by molar-refractivity contribution is -0.385. The van der Waals surface area contributed by atoms with E-state index in [4.69, 9.17) is 10.5 Å². The summed E-state index contributed by atoms with van der Waals surface area (Å²) in [6, 6.07) is 1.45. The molecule has 0 spiro atoms. The van der Waals surface area contributed by atoms with Crippen molar-refractivity contribution in [3.8, 4) is 0 Å². The first kappa shape index (κ1) is 13.2. The van der Waals surface area contributed by atoms with Crippen LogP contribution in [0.1, 0.15) is 0 Å². The second kappa shape index (κ2) is 5.59. The second-order valence-corrected chi connectivity index (χ2v) is 4.78. The van der Waals surface area contributed by atoms with E-state index >= 15 is 0 Å². The summed E-state index contributed by atoms with van der Waals surface area (Å²) < 4.78 is 6.07. The van der Waals surface area contributed by atoms with Crippen LogP contribution in [0.2, 0.25) is 0 Å². The molecule has 1 aromatic heterocycles. The first-order chi connectivity index (χ1) is 8.61. The van der Waals surface area contributed by atoms with Crippen LogP contribution in [0, 0.1) is 10.1 Å². The molecule has 0 amide bonds. The van der Waals surface area contributed by atoms with Crippen LogP contribution in [0.4, 0.5) is 11.5 Å². The largest absolute Gasteiger partial charge is 0.373 e. The highest BCUT2D eigenvalue weighted by atomic mass is 79.9. The molecule has 1 fully saturated rings. The number of pyridine rings is 1. The highest BCUT2D eigenvalue weighted by molar-refractivity contribution is 9.10. The van der Waals surface area contributed by atoms with Crippen LogP contribution in [-0.4, -0.2) is 42.3 Å². The monoisotopic (exact) mass is 316 g/mol. The number of nitrogens with zero attached hydrogens (tertiary/aromatic N) is 3. The number of ether oxygens (including phenoxy) is 1. The van der Waals surface area contributed by atoms with Gasteiger partial charge in [-0.25, -0.2) is 4.98 Å². The van der Waals surface area contributed by atoms with E-state index in [9.17, 15) is 10.1 Å². The predicted molar refractivity (Wildman–Crippen MR) is 69.6 cm³/mol. The zero-order chi connectivity index (χ0) is 13.1. The second-order valence-electron chi connectivity index (χ2n) is 3.93. The zero-order valence-corrected chi connectivity index (χ0v) is 11.2. The van der Waals surface area contributed by atoms with Gasteiger partial charge in [-0.2, -0.15) is 0 Å². The van der Waals surface area contributed by atoms with Gasteiger partial charge < -0.3 is 15.4 Å². The molecule has 2 N–H and O–H groups in total. The Balaban J connectivity index is 2.20. The molecule has 2 rings (SSSR count). The summed E-state index contributed by atoms with van der Waals surface area (Å²) in [6.45, 7) is 2.36. The molecule has 0 aromatic carbocycles. The molecule has 0 bridgehead atoms. The maximum atomic E-state index is 10.6. The minimum absolute atomic E-state index is 0.0253. The summed E-state index contributed by atoms with van der Waals surface area (Å²) in [5.41, 5.74) is 5.54. The lowest BCUT2D eigenvalue weighted by Gasteiger charge is -2.33. The highest BCUT2D eigenvalue weighted by Gasteiger charge is 2.23. The van der Waals surface area contributed by atoms with Gasteiger partial charge in [0.25, 0.3) is 5.69 Å². The number of anilines is 1. The van der Waals surface area contributed by atoms with Crippen LogP contribution in [-0.2, 0) is 4.74 Å². The third-order valence-corrected chi connectivity index (χ3v) is 3.30. The van der Waals surface area contributed by atoms with E-state index in [1.165, 1.54) is 12.3 Å². The van der Waals surface area contributed by atoms with Crippen molar-refractivity contribution in [1.82, 2.24) is 4.98 Å². The molecule has 1 saturated heterocycles. The Bertz CT molecular complexity index is 457. The van der Waals surface area contributed by atoms with Gasteiger partial charge in [0.05, 0.1) is 22.1 Å². The van der Waals surface area contributed by atoms with Crippen molar-refractivity contribution < 1.29 is 9.66 Å². The normalized spacial score (nSPS) is 19.9. The minimum atomic E-state index is -0.469. The predicted octanol–water partition coefficient (Wildman–Crippen LogP) is 0.916. The van der Waals surface area contributed by atoms with E-state index in [2.05, 4.69) is 20.9 Å². The maximum Gasteiger partial charge on any atom is 0.288 e. The van der Waals surface area contributed by atoms with Crippen molar-refractivity contribution in [3.05, 3.63) is 26.9 Å². The Kier molecular flexibility index (Phi) is 4.10. The molecule has 8 heteroatoms. The Morgan fingerprint density at radius 1 is 1.72 bits per heavy atom. The zero-order valence-electron chi connectivity index (χ0n) is 9.58. The van der Waals surface area contributed by atoms with Crippen LogP contribution in [0.3, 0.4) is 0 Å². The smallest absolute Gasteiger partial charge is 0.288 e. The molecule has 98 valence electrons. The van der Waals surface area contributed by atoms with Crippen LogP contribution in [0.15, 0.2) is 16.7 Å². The number of nitrogens with two attached hydrogens (primary N) is 1. The summed E-state index contributed by atoms with van der Waals surface area (Å²) in [5.74, 6) is 0.683. The molecule has 1 aromatic rings. The van der Waals surface area contributed by atoms with Gasteiger partial charge in [0.1, 0.15) is 12.0 Å². The Hall–Kier alpha value is -1.25. The van der Waals surface area contributed by atoms with Crippen molar-refractivity contribution in [2.75, 3.05) is 31.1 Å². The van der Waals surface area contributed by atoms with Crippen molar-refractivity contribution in [2.24, 2.45) is 5.73 Å². The van der Waals surface area contributed by atoms with Gasteiger partial charge in [-0.15, -0.1) is 0 Å². The van der Waals surface area contributed by atoms with Crippen molar-refractivity contribution in [2.45, 2.75) is 6.10 Å². The van der Waals surface area contributed by atoms with Crippen molar-refractivity contribution >= 4 is 27.4 Å². The molecule has 7 nitrogen and oxygen atoms in total. The van der Waals surface area contributed by atoms with Crippen molar-refractivity contribution in [3.63, 3.8) is 0 Å². The molecule has 0 saturated carbocycles. The van der Waals surface area contributed by atoms with Crippen LogP contribution in [0.5, 0.6) is 0 Å². The van der Waals surface area contributed by atoms with Gasteiger partial charge in [-0.3, -0.25) is 10.1 Å². The minimum Gasteiger partial charge on any atom is -0.373 e. The average molecular weight is 317 g/mol. The fourth-order valence-corrected chi connectivity index (χ4v) is 2.40. The summed E-state index contributed by atoms with van der Waals surface area (Å²) in [7, 11) is 0. The Morgan fingerprint density at radius 3 is 3.11 bits per heavy atom. The number of rotatable bonds is 3. The topological polar surface area (TPSA) is 94.5 Å². The van der Waals surface area contributed by atoms with Crippen LogP contribution < -0.4 is 10.6 Å². The van der Waals surface area contributed by atoms with Gasteiger partial charge in [-0.05, 0) is 15.9 Å². The third-order valence-electron chi connectivity index (χ3n) is 2.72.